The molecule has 39 heavy (non-hydrogen) atoms. The monoisotopic (exact) mass is 656 g/mol. The number of amides is 2. The van der Waals surface area contributed by atoms with Crippen molar-refractivity contribution >= 4 is 34.4 Å². The number of hydrogen-bond donors (Lipinski definition) is 4. The molecule has 0 radical (unpaired) electrons. The van der Waals surface area contributed by atoms with Crippen molar-refractivity contribution in [3.63, 3.8) is 0 Å². The highest BCUT2D eigenvalue weighted by Gasteiger charge is 2.42. The third-order valence-corrected chi connectivity index (χ3v) is 8.07. The van der Waals surface area contributed by atoms with Crippen LogP contribution in [0.5, 0.6) is 11.5 Å². The normalized spacial score (nSPS) is 22.2. The van der Waals surface area contributed by atoms with E-state index in [9.17, 15) is 24.9 Å². The fourth-order valence-electron chi connectivity index (χ4n) is 5.32. The van der Waals surface area contributed by atoms with E-state index in [1.54, 1.807) is 29.2 Å². The summed E-state index contributed by atoms with van der Waals surface area (Å²) in [6, 6.07) is 2.69. The molecule has 1 aromatic rings. The molecule has 0 aromatic heterocycles. The number of carbonyl (C=O) groups excluding carboxylic acids is 2. The number of aliphatic hydroxyl groups is 3. The lowest BCUT2D eigenvalue weighted by Gasteiger charge is -2.43. The Kier molecular flexibility index (Phi) is 12.5. The highest BCUT2D eigenvalue weighted by molar-refractivity contribution is 14.1. The third kappa shape index (κ3) is 8.18. The van der Waals surface area contributed by atoms with Gasteiger partial charge in [-0.1, -0.05) is 38.7 Å². The lowest BCUT2D eigenvalue weighted by molar-refractivity contribution is -0.137. The first-order valence-electron chi connectivity index (χ1n) is 13.7. The van der Waals surface area contributed by atoms with E-state index in [4.69, 9.17) is 9.47 Å². The van der Waals surface area contributed by atoms with Crippen LogP contribution in [0.2, 0.25) is 0 Å². The Morgan fingerprint density at radius 3 is 2.51 bits per heavy atom. The second-order valence-corrected chi connectivity index (χ2v) is 11.1. The van der Waals surface area contributed by atoms with Gasteiger partial charge in [-0.2, -0.15) is 0 Å². The molecule has 0 spiro atoms. The van der Waals surface area contributed by atoms with Gasteiger partial charge in [0.05, 0.1) is 29.9 Å². The van der Waals surface area contributed by atoms with Crippen molar-refractivity contribution in [2.45, 2.75) is 89.2 Å². The highest BCUT2D eigenvalue weighted by Crippen LogP contribution is 2.38. The van der Waals surface area contributed by atoms with Gasteiger partial charge in [-0.05, 0) is 71.7 Å². The van der Waals surface area contributed by atoms with Gasteiger partial charge in [0.1, 0.15) is 12.2 Å². The van der Waals surface area contributed by atoms with Gasteiger partial charge < -0.3 is 35.0 Å². The third-order valence-electron chi connectivity index (χ3n) is 7.27. The van der Waals surface area contributed by atoms with Crippen LogP contribution >= 0.6 is 22.6 Å². The number of benzene rings is 1. The standard InChI is InChI=1S/C29H41IN2O7/c1-3-4-11-26(35)32(21-9-7-5-6-8-10-21)23-16-20(29(37)31-12-13-33)17-24(27(23)36)39-28-22(30)14-19(18-34)15-25(28)38-2/h4,11,14-15,17,21,23-24,27,33-34,36H,3,5-10,12-13,16,18H2,1-2H3,(H,31,37). The molecule has 3 rings (SSSR count). The van der Waals surface area contributed by atoms with E-state index in [2.05, 4.69) is 27.9 Å². The minimum atomic E-state index is -1.11. The molecular formula is C29H41IN2O7. The van der Waals surface area contributed by atoms with Crippen LogP contribution in [-0.4, -0.2) is 76.6 Å². The van der Waals surface area contributed by atoms with Crippen LogP contribution in [0.1, 0.15) is 63.9 Å². The number of carbonyl (C=O) groups is 2. The summed E-state index contributed by atoms with van der Waals surface area (Å²) >= 11 is 2.08. The van der Waals surface area contributed by atoms with E-state index in [-0.39, 0.29) is 44.0 Å². The summed E-state index contributed by atoms with van der Waals surface area (Å²) in [6.45, 7) is 1.68. The van der Waals surface area contributed by atoms with Crippen LogP contribution in [0.15, 0.2) is 35.9 Å². The van der Waals surface area contributed by atoms with Crippen molar-refractivity contribution in [3.8, 4) is 11.5 Å². The maximum atomic E-state index is 13.6. The molecule has 1 saturated carbocycles. The van der Waals surface area contributed by atoms with Crippen LogP contribution in [0.3, 0.4) is 0 Å². The molecule has 1 aromatic carbocycles. The first kappa shape index (κ1) is 31.4. The van der Waals surface area contributed by atoms with E-state index in [1.165, 1.54) is 7.11 Å². The van der Waals surface area contributed by atoms with Gasteiger partial charge in [-0.25, -0.2) is 0 Å². The van der Waals surface area contributed by atoms with Gasteiger partial charge in [0.2, 0.25) is 11.8 Å². The van der Waals surface area contributed by atoms with Crippen molar-refractivity contribution < 1.29 is 34.4 Å². The van der Waals surface area contributed by atoms with Crippen molar-refractivity contribution in [3.05, 3.63) is 45.1 Å². The average molecular weight is 657 g/mol. The number of halogens is 1. The number of allylic oxidation sites excluding steroid dienone is 1. The Labute approximate surface area is 244 Å². The molecule has 0 bridgehead atoms. The molecule has 10 heteroatoms. The minimum Gasteiger partial charge on any atom is -0.493 e. The Bertz CT molecular complexity index is 1040. The predicted molar refractivity (Wildman–Crippen MR) is 156 cm³/mol. The van der Waals surface area contributed by atoms with E-state index in [1.807, 2.05) is 13.0 Å². The number of ether oxygens (including phenoxy) is 2. The molecule has 4 N–H and O–H groups in total. The zero-order valence-electron chi connectivity index (χ0n) is 22.8. The van der Waals surface area contributed by atoms with Gasteiger partial charge in [0.15, 0.2) is 11.5 Å². The highest BCUT2D eigenvalue weighted by atomic mass is 127. The van der Waals surface area contributed by atoms with E-state index in [0.29, 0.717) is 32.6 Å². The zero-order chi connectivity index (χ0) is 28.4. The van der Waals surface area contributed by atoms with Crippen molar-refractivity contribution in [2.75, 3.05) is 20.3 Å². The number of rotatable bonds is 11. The quantitative estimate of drug-likeness (QED) is 0.164. The molecule has 3 unspecified atom stereocenters. The SMILES string of the molecule is CCC=CC(=O)N(C1CCCCCC1)C1CC(C(=O)NCCO)=CC(Oc2c(I)cc(CO)cc2OC)C1O. The summed E-state index contributed by atoms with van der Waals surface area (Å²) in [4.78, 5) is 28.4. The summed E-state index contributed by atoms with van der Waals surface area (Å²) in [7, 11) is 1.50. The Morgan fingerprint density at radius 2 is 1.90 bits per heavy atom. The topological polar surface area (TPSA) is 129 Å². The summed E-state index contributed by atoms with van der Waals surface area (Å²) < 4.78 is 12.5. The van der Waals surface area contributed by atoms with Crippen molar-refractivity contribution in [2.24, 2.45) is 0 Å². The van der Waals surface area contributed by atoms with Crippen LogP contribution in [-0.2, 0) is 16.2 Å². The first-order chi connectivity index (χ1) is 18.8. The van der Waals surface area contributed by atoms with Crippen LogP contribution in [0.4, 0.5) is 0 Å². The second kappa shape index (κ2) is 15.6. The van der Waals surface area contributed by atoms with Gasteiger partial charge in [0, 0.05) is 24.6 Å². The maximum Gasteiger partial charge on any atom is 0.247 e. The molecule has 0 aliphatic heterocycles. The predicted octanol–water partition coefficient (Wildman–Crippen LogP) is 3.23. The minimum absolute atomic E-state index is 0.0554. The molecule has 2 amide bonds. The van der Waals surface area contributed by atoms with Crippen LogP contribution in [0.25, 0.3) is 0 Å². The molecule has 2 aliphatic carbocycles. The van der Waals surface area contributed by atoms with Gasteiger partial charge in [0.25, 0.3) is 0 Å². The Balaban J connectivity index is 2.04. The zero-order valence-corrected chi connectivity index (χ0v) is 24.9. The van der Waals surface area contributed by atoms with E-state index < -0.39 is 18.2 Å². The molecule has 9 nitrogen and oxygen atoms in total. The van der Waals surface area contributed by atoms with Crippen molar-refractivity contribution in [1.82, 2.24) is 10.2 Å². The lowest BCUT2D eigenvalue weighted by Crippen LogP contribution is -2.57. The number of nitrogens with zero attached hydrogens (tertiary/aromatic N) is 1. The molecule has 2 aliphatic rings. The van der Waals surface area contributed by atoms with Gasteiger partial charge in [-0.15, -0.1) is 0 Å². The first-order valence-corrected chi connectivity index (χ1v) is 14.8. The fraction of sp³-hybridized carbons (Fsp3) is 0.586. The Hall–Kier alpha value is -2.15. The van der Waals surface area contributed by atoms with Gasteiger partial charge in [-0.3, -0.25) is 9.59 Å². The van der Waals surface area contributed by atoms with Gasteiger partial charge >= 0.3 is 0 Å². The van der Waals surface area contributed by atoms with E-state index in [0.717, 1.165) is 38.5 Å². The molecule has 1 fully saturated rings. The number of methoxy groups -OCH3 is 1. The molecule has 3 atom stereocenters. The molecule has 0 heterocycles. The Morgan fingerprint density at radius 1 is 1.18 bits per heavy atom. The summed E-state index contributed by atoms with van der Waals surface area (Å²) in [5.41, 5.74) is 1.04. The summed E-state index contributed by atoms with van der Waals surface area (Å²) in [5, 5.41) is 33.3. The lowest BCUT2D eigenvalue weighted by atomic mass is 9.86. The number of hydrogen-bond acceptors (Lipinski definition) is 7. The molecule has 216 valence electrons. The molecular weight excluding hydrogens is 615 g/mol. The maximum absolute atomic E-state index is 13.6. The number of nitrogens with one attached hydrogen (secondary N) is 1. The summed E-state index contributed by atoms with van der Waals surface area (Å²) in [6.07, 6.45) is 9.69. The second-order valence-electron chi connectivity index (χ2n) is 9.98. The van der Waals surface area contributed by atoms with Crippen LogP contribution in [0, 0.1) is 3.57 Å². The van der Waals surface area contributed by atoms with Crippen LogP contribution < -0.4 is 14.8 Å². The largest absolute Gasteiger partial charge is 0.493 e. The summed E-state index contributed by atoms with van der Waals surface area (Å²) in [5.74, 6) is 0.222. The molecule has 0 saturated heterocycles. The average Bonchev–Trinajstić information content (AvgIpc) is 3.22. The fourth-order valence-corrected chi connectivity index (χ4v) is 6.11. The smallest absolute Gasteiger partial charge is 0.247 e. The van der Waals surface area contributed by atoms with Crippen molar-refractivity contribution in [1.29, 1.82) is 0 Å². The number of aliphatic hydroxyl groups excluding tert-OH is 3. The van der Waals surface area contributed by atoms with E-state index >= 15 is 0 Å².